The Hall–Kier alpha value is -1.43. The molecule has 20 heavy (non-hydrogen) atoms. The third-order valence-electron chi connectivity index (χ3n) is 4.00. The number of nitrogens with zero attached hydrogens (tertiary/aromatic N) is 1. The van der Waals surface area contributed by atoms with Crippen LogP contribution >= 0.6 is 11.3 Å². The highest BCUT2D eigenvalue weighted by Gasteiger charge is 2.38. The second-order valence-corrected chi connectivity index (χ2v) is 6.87. The largest absolute Gasteiger partial charge is 0.481 e. The van der Waals surface area contributed by atoms with Gasteiger partial charge < -0.3 is 10.4 Å². The Labute approximate surface area is 122 Å². The SMILES string of the molecule is Cc1nc(NC(=O)CC2(CC(=O)O)CCCC2)sc1C. The second kappa shape index (κ2) is 5.91. The van der Waals surface area contributed by atoms with E-state index in [0.29, 0.717) is 5.13 Å². The summed E-state index contributed by atoms with van der Waals surface area (Å²) in [6, 6.07) is 0. The van der Waals surface area contributed by atoms with E-state index in [-0.39, 0.29) is 24.2 Å². The molecular formula is C14H20N2O3S. The van der Waals surface area contributed by atoms with Crippen molar-refractivity contribution in [3.63, 3.8) is 0 Å². The maximum atomic E-state index is 12.1. The van der Waals surface area contributed by atoms with Crippen molar-refractivity contribution < 1.29 is 14.7 Å². The number of thiazole rings is 1. The molecule has 0 spiro atoms. The molecule has 0 aromatic carbocycles. The third kappa shape index (κ3) is 3.56. The Bertz CT molecular complexity index is 499. The zero-order valence-corrected chi connectivity index (χ0v) is 12.7. The van der Waals surface area contributed by atoms with Gasteiger partial charge >= 0.3 is 5.97 Å². The molecule has 0 bridgehead atoms. The van der Waals surface area contributed by atoms with E-state index in [0.717, 1.165) is 36.3 Å². The molecule has 0 unspecified atom stereocenters. The van der Waals surface area contributed by atoms with Crippen LogP contribution in [0, 0.1) is 19.3 Å². The Morgan fingerprint density at radius 2 is 1.95 bits per heavy atom. The molecular weight excluding hydrogens is 276 g/mol. The number of carbonyl (C=O) groups excluding carboxylic acids is 1. The Balaban J connectivity index is 2.00. The third-order valence-corrected chi connectivity index (χ3v) is 4.99. The van der Waals surface area contributed by atoms with E-state index in [9.17, 15) is 9.59 Å². The lowest BCUT2D eigenvalue weighted by atomic mass is 9.79. The van der Waals surface area contributed by atoms with Crippen LogP contribution in [0.3, 0.4) is 0 Å². The van der Waals surface area contributed by atoms with Gasteiger partial charge in [-0.2, -0.15) is 0 Å². The van der Waals surface area contributed by atoms with Crippen molar-refractivity contribution in [2.45, 2.75) is 52.4 Å². The first-order valence-electron chi connectivity index (χ1n) is 6.86. The zero-order valence-electron chi connectivity index (χ0n) is 11.9. The molecule has 0 radical (unpaired) electrons. The van der Waals surface area contributed by atoms with E-state index < -0.39 is 5.97 Å². The lowest BCUT2D eigenvalue weighted by molar-refractivity contribution is -0.140. The molecule has 6 heteroatoms. The number of rotatable bonds is 5. The van der Waals surface area contributed by atoms with Gasteiger partial charge in [-0.25, -0.2) is 4.98 Å². The van der Waals surface area contributed by atoms with Crippen molar-refractivity contribution in [1.29, 1.82) is 0 Å². The summed E-state index contributed by atoms with van der Waals surface area (Å²) in [6.07, 6.45) is 4.02. The maximum Gasteiger partial charge on any atom is 0.303 e. The summed E-state index contributed by atoms with van der Waals surface area (Å²) in [7, 11) is 0. The molecule has 1 aromatic heterocycles. The predicted octanol–water partition coefficient (Wildman–Crippen LogP) is 3.12. The summed E-state index contributed by atoms with van der Waals surface area (Å²) < 4.78 is 0. The average Bonchev–Trinajstić information content (AvgIpc) is 2.86. The highest BCUT2D eigenvalue weighted by molar-refractivity contribution is 7.15. The van der Waals surface area contributed by atoms with Crippen molar-refractivity contribution in [2.75, 3.05) is 5.32 Å². The molecule has 0 aliphatic heterocycles. The Morgan fingerprint density at radius 1 is 1.30 bits per heavy atom. The van der Waals surface area contributed by atoms with Crippen molar-refractivity contribution in [3.05, 3.63) is 10.6 Å². The van der Waals surface area contributed by atoms with Crippen LogP contribution in [0.1, 0.15) is 49.1 Å². The second-order valence-electron chi connectivity index (χ2n) is 5.66. The summed E-state index contributed by atoms with van der Waals surface area (Å²) in [5, 5.41) is 12.4. The minimum absolute atomic E-state index is 0.0797. The van der Waals surface area contributed by atoms with Gasteiger partial charge in [0.15, 0.2) is 5.13 Å². The van der Waals surface area contributed by atoms with Gasteiger partial charge in [0.1, 0.15) is 0 Å². The molecule has 1 aromatic rings. The molecule has 0 saturated heterocycles. The average molecular weight is 296 g/mol. The number of aliphatic carboxylic acids is 1. The summed E-state index contributed by atoms with van der Waals surface area (Å²) in [4.78, 5) is 28.5. The number of hydrogen-bond donors (Lipinski definition) is 2. The fourth-order valence-corrected chi connectivity index (χ4v) is 3.72. The fraction of sp³-hybridized carbons (Fsp3) is 0.643. The lowest BCUT2D eigenvalue weighted by Gasteiger charge is -2.25. The zero-order chi connectivity index (χ0) is 14.8. The molecule has 1 amide bonds. The Kier molecular flexibility index (Phi) is 4.42. The van der Waals surface area contributed by atoms with Crippen LogP contribution in [0.4, 0.5) is 5.13 Å². The van der Waals surface area contributed by atoms with Gasteiger partial charge in [-0.3, -0.25) is 9.59 Å². The van der Waals surface area contributed by atoms with Gasteiger partial charge in [0, 0.05) is 11.3 Å². The molecule has 1 fully saturated rings. The van der Waals surface area contributed by atoms with Gasteiger partial charge in [0.05, 0.1) is 12.1 Å². The van der Waals surface area contributed by atoms with Gasteiger partial charge in [-0.1, -0.05) is 12.8 Å². The molecule has 2 N–H and O–H groups in total. The van der Waals surface area contributed by atoms with Crippen molar-refractivity contribution >= 4 is 28.3 Å². The molecule has 2 rings (SSSR count). The van der Waals surface area contributed by atoms with E-state index >= 15 is 0 Å². The molecule has 1 heterocycles. The number of carbonyl (C=O) groups is 2. The normalized spacial score (nSPS) is 17.1. The van der Waals surface area contributed by atoms with E-state index in [1.807, 2.05) is 13.8 Å². The van der Waals surface area contributed by atoms with Crippen molar-refractivity contribution in [1.82, 2.24) is 4.98 Å². The molecule has 1 aliphatic rings. The number of nitrogens with one attached hydrogen (secondary N) is 1. The number of anilines is 1. The van der Waals surface area contributed by atoms with Crippen LogP contribution in [0.25, 0.3) is 0 Å². The van der Waals surface area contributed by atoms with E-state index in [4.69, 9.17) is 5.11 Å². The minimum atomic E-state index is -0.819. The van der Waals surface area contributed by atoms with E-state index in [1.165, 1.54) is 11.3 Å². The molecule has 5 nitrogen and oxygen atoms in total. The first-order chi connectivity index (χ1) is 9.40. The molecule has 0 atom stereocenters. The fourth-order valence-electron chi connectivity index (χ4n) is 2.89. The number of aromatic nitrogens is 1. The molecule has 1 saturated carbocycles. The number of carboxylic acids is 1. The Morgan fingerprint density at radius 3 is 2.45 bits per heavy atom. The van der Waals surface area contributed by atoms with Gasteiger partial charge in [-0.05, 0) is 32.1 Å². The van der Waals surface area contributed by atoms with Gasteiger partial charge in [-0.15, -0.1) is 11.3 Å². The monoisotopic (exact) mass is 296 g/mol. The predicted molar refractivity (Wildman–Crippen MR) is 78.0 cm³/mol. The summed E-state index contributed by atoms with van der Waals surface area (Å²) in [5.74, 6) is -0.942. The first kappa shape index (κ1) is 15.0. The lowest BCUT2D eigenvalue weighted by Crippen LogP contribution is -2.27. The number of aryl methyl sites for hydroxylation is 2. The van der Waals surface area contributed by atoms with Crippen LogP contribution in [0.2, 0.25) is 0 Å². The molecule has 1 aliphatic carbocycles. The van der Waals surface area contributed by atoms with E-state index in [1.54, 1.807) is 0 Å². The topological polar surface area (TPSA) is 79.3 Å². The van der Waals surface area contributed by atoms with Crippen LogP contribution in [0.15, 0.2) is 0 Å². The smallest absolute Gasteiger partial charge is 0.303 e. The van der Waals surface area contributed by atoms with Gasteiger partial charge in [0.2, 0.25) is 5.91 Å². The summed E-state index contributed by atoms with van der Waals surface area (Å²) in [5.41, 5.74) is 0.559. The number of carboxylic acid groups (broad SMARTS) is 1. The quantitative estimate of drug-likeness (QED) is 0.875. The number of amides is 1. The van der Waals surface area contributed by atoms with Gasteiger partial charge in [0.25, 0.3) is 0 Å². The van der Waals surface area contributed by atoms with Crippen LogP contribution in [-0.4, -0.2) is 22.0 Å². The molecule has 110 valence electrons. The summed E-state index contributed by atoms with van der Waals surface area (Å²) >= 11 is 1.45. The standard InChI is InChI=1S/C14H20N2O3S/c1-9-10(2)20-13(15-9)16-11(17)7-14(8-12(18)19)5-3-4-6-14/h3-8H2,1-2H3,(H,18,19)(H,15,16,17). The summed E-state index contributed by atoms with van der Waals surface area (Å²) in [6.45, 7) is 3.87. The van der Waals surface area contributed by atoms with Crippen molar-refractivity contribution in [2.24, 2.45) is 5.41 Å². The highest BCUT2D eigenvalue weighted by atomic mass is 32.1. The van der Waals surface area contributed by atoms with E-state index in [2.05, 4.69) is 10.3 Å². The van der Waals surface area contributed by atoms with Crippen LogP contribution in [0.5, 0.6) is 0 Å². The van der Waals surface area contributed by atoms with Crippen LogP contribution < -0.4 is 5.32 Å². The van der Waals surface area contributed by atoms with Crippen LogP contribution in [-0.2, 0) is 9.59 Å². The highest BCUT2D eigenvalue weighted by Crippen LogP contribution is 2.44. The van der Waals surface area contributed by atoms with Crippen molar-refractivity contribution in [3.8, 4) is 0 Å². The first-order valence-corrected chi connectivity index (χ1v) is 7.68. The maximum absolute atomic E-state index is 12.1. The minimum Gasteiger partial charge on any atom is -0.481 e. The number of hydrogen-bond acceptors (Lipinski definition) is 4.